The molecule has 7 heteroatoms. The molecule has 0 spiro atoms. The molecule has 1 N–H and O–H groups in total. The van der Waals surface area contributed by atoms with Gasteiger partial charge in [-0.15, -0.1) is 0 Å². The highest BCUT2D eigenvalue weighted by Crippen LogP contribution is 2.20. The average molecular weight is 447 g/mol. The van der Waals surface area contributed by atoms with Crippen molar-refractivity contribution >= 4 is 17.5 Å². The van der Waals surface area contributed by atoms with Gasteiger partial charge in [0, 0.05) is 39.8 Å². The topological polar surface area (TPSA) is 69.0 Å². The van der Waals surface area contributed by atoms with Crippen LogP contribution in [0.3, 0.4) is 0 Å². The lowest BCUT2D eigenvalue weighted by Gasteiger charge is -2.35. The van der Waals surface area contributed by atoms with Gasteiger partial charge < -0.3 is 14.6 Å². The van der Waals surface area contributed by atoms with Gasteiger partial charge in [-0.25, -0.2) is 0 Å². The van der Waals surface area contributed by atoms with Crippen molar-refractivity contribution in [1.29, 1.82) is 0 Å². The van der Waals surface area contributed by atoms with Crippen LogP contribution in [0.15, 0.2) is 77.4 Å². The number of amides is 2. The summed E-state index contributed by atoms with van der Waals surface area (Å²) in [6.45, 7) is 5.11. The molecule has 0 bridgehead atoms. The van der Waals surface area contributed by atoms with E-state index in [1.165, 1.54) is 5.56 Å². The second kappa shape index (κ2) is 10.9. The van der Waals surface area contributed by atoms with Crippen molar-refractivity contribution in [3.8, 4) is 0 Å². The minimum Gasteiger partial charge on any atom is -0.467 e. The summed E-state index contributed by atoms with van der Waals surface area (Å²) in [5.41, 5.74) is 2.37. The van der Waals surface area contributed by atoms with Crippen molar-refractivity contribution in [1.82, 2.24) is 15.1 Å². The van der Waals surface area contributed by atoms with E-state index in [1.54, 1.807) is 48.5 Å². The van der Waals surface area contributed by atoms with Crippen molar-refractivity contribution in [2.75, 3.05) is 44.7 Å². The van der Waals surface area contributed by atoms with E-state index in [0.717, 1.165) is 32.7 Å². The highest BCUT2D eigenvalue weighted by atomic mass is 16.3. The van der Waals surface area contributed by atoms with E-state index in [0.29, 0.717) is 30.1 Å². The molecule has 172 valence electrons. The van der Waals surface area contributed by atoms with Gasteiger partial charge in [0.1, 0.15) is 5.76 Å². The molecule has 0 atom stereocenters. The van der Waals surface area contributed by atoms with Gasteiger partial charge in [-0.05, 0) is 29.8 Å². The summed E-state index contributed by atoms with van der Waals surface area (Å²) in [5.74, 6) is 0.408. The Kier molecular flexibility index (Phi) is 7.55. The summed E-state index contributed by atoms with van der Waals surface area (Å²) in [6.07, 6.45) is 1.57. The first-order valence-electron chi connectivity index (χ1n) is 11.2. The Hall–Kier alpha value is -3.42. The van der Waals surface area contributed by atoms with Crippen molar-refractivity contribution in [2.24, 2.45) is 0 Å². The molecular formula is C26H30N4O3. The first kappa shape index (κ1) is 22.8. The maximum Gasteiger partial charge on any atom is 0.253 e. The number of carbonyl (C=O) groups is 2. The summed E-state index contributed by atoms with van der Waals surface area (Å²) in [7, 11) is 1.73. The van der Waals surface area contributed by atoms with Gasteiger partial charge in [0.05, 0.1) is 30.6 Å². The van der Waals surface area contributed by atoms with E-state index >= 15 is 0 Å². The highest BCUT2D eigenvalue weighted by molar-refractivity contribution is 6.04. The van der Waals surface area contributed by atoms with Crippen molar-refractivity contribution in [3.05, 3.63) is 89.9 Å². The highest BCUT2D eigenvalue weighted by Gasteiger charge is 2.23. The SMILES string of the molecule is CN(C(=O)CN1CCN(Cc2ccccc2)CC1)c1ccccc1C(=O)NCc1ccco1. The number of benzene rings is 2. The van der Waals surface area contributed by atoms with Crippen LogP contribution in [0, 0.1) is 0 Å². The Bertz CT molecular complexity index is 1040. The number of carbonyl (C=O) groups excluding carboxylic acids is 2. The lowest BCUT2D eigenvalue weighted by atomic mass is 10.1. The summed E-state index contributed by atoms with van der Waals surface area (Å²) >= 11 is 0. The number of likely N-dealkylation sites (N-methyl/N-ethyl adjacent to an activating group) is 1. The van der Waals surface area contributed by atoms with Crippen LogP contribution >= 0.6 is 0 Å². The fraction of sp³-hybridized carbons (Fsp3) is 0.308. The smallest absolute Gasteiger partial charge is 0.253 e. The lowest BCUT2D eigenvalue weighted by molar-refractivity contribution is -0.119. The van der Waals surface area contributed by atoms with E-state index in [9.17, 15) is 9.59 Å². The molecule has 1 aliphatic rings. The Morgan fingerprint density at radius 2 is 1.61 bits per heavy atom. The molecule has 1 aromatic heterocycles. The van der Waals surface area contributed by atoms with Crippen molar-refractivity contribution in [2.45, 2.75) is 13.1 Å². The average Bonchev–Trinajstić information content (AvgIpc) is 3.38. The van der Waals surface area contributed by atoms with Crippen LogP contribution in [0.1, 0.15) is 21.7 Å². The summed E-state index contributed by atoms with van der Waals surface area (Å²) in [4.78, 5) is 32.0. The van der Waals surface area contributed by atoms with Crippen LogP contribution in [0.4, 0.5) is 5.69 Å². The van der Waals surface area contributed by atoms with Crippen LogP contribution in [0.2, 0.25) is 0 Å². The van der Waals surface area contributed by atoms with Crippen molar-refractivity contribution in [3.63, 3.8) is 0 Å². The van der Waals surface area contributed by atoms with Gasteiger partial charge in [-0.3, -0.25) is 19.4 Å². The third kappa shape index (κ3) is 6.09. The van der Waals surface area contributed by atoms with E-state index in [-0.39, 0.29) is 11.8 Å². The Balaban J connectivity index is 1.31. The normalized spacial score (nSPS) is 14.7. The maximum atomic E-state index is 13.0. The molecule has 0 unspecified atom stereocenters. The molecule has 0 saturated carbocycles. The molecule has 1 fully saturated rings. The molecule has 1 aliphatic heterocycles. The van der Waals surface area contributed by atoms with E-state index < -0.39 is 0 Å². The molecule has 3 aromatic rings. The number of furan rings is 1. The van der Waals surface area contributed by atoms with E-state index in [4.69, 9.17) is 4.42 Å². The van der Waals surface area contributed by atoms with Gasteiger partial charge in [0.2, 0.25) is 5.91 Å². The fourth-order valence-corrected chi connectivity index (χ4v) is 4.01. The van der Waals surface area contributed by atoms with E-state index in [2.05, 4.69) is 39.4 Å². The second-order valence-corrected chi connectivity index (χ2v) is 8.27. The number of para-hydroxylation sites is 1. The van der Waals surface area contributed by atoms with Crippen LogP contribution in [0.25, 0.3) is 0 Å². The molecule has 4 rings (SSSR count). The molecule has 1 saturated heterocycles. The largest absolute Gasteiger partial charge is 0.467 e. The third-order valence-corrected chi connectivity index (χ3v) is 5.96. The number of anilines is 1. The zero-order valence-corrected chi connectivity index (χ0v) is 18.9. The molecule has 7 nitrogen and oxygen atoms in total. The Morgan fingerprint density at radius 1 is 0.909 bits per heavy atom. The minimum absolute atomic E-state index is 0.0298. The van der Waals surface area contributed by atoms with Crippen LogP contribution in [0.5, 0.6) is 0 Å². The minimum atomic E-state index is -0.240. The van der Waals surface area contributed by atoms with Gasteiger partial charge in [0.25, 0.3) is 5.91 Å². The van der Waals surface area contributed by atoms with Gasteiger partial charge >= 0.3 is 0 Å². The Labute approximate surface area is 194 Å². The number of piperazine rings is 1. The van der Waals surface area contributed by atoms with Crippen molar-refractivity contribution < 1.29 is 14.0 Å². The molecule has 33 heavy (non-hydrogen) atoms. The molecule has 2 aromatic carbocycles. The first-order chi connectivity index (χ1) is 16.1. The summed E-state index contributed by atoms with van der Waals surface area (Å²) < 4.78 is 5.27. The molecule has 0 radical (unpaired) electrons. The summed E-state index contributed by atoms with van der Waals surface area (Å²) in [5, 5.41) is 2.86. The predicted octanol–water partition coefficient (Wildman–Crippen LogP) is 2.99. The van der Waals surface area contributed by atoms with Crippen LogP contribution in [-0.4, -0.2) is 61.4 Å². The first-order valence-corrected chi connectivity index (χ1v) is 11.2. The Morgan fingerprint density at radius 3 is 2.33 bits per heavy atom. The zero-order valence-electron chi connectivity index (χ0n) is 18.9. The number of rotatable bonds is 8. The number of hydrogen-bond donors (Lipinski definition) is 1. The third-order valence-electron chi connectivity index (χ3n) is 5.96. The predicted molar refractivity (Wildman–Crippen MR) is 128 cm³/mol. The fourth-order valence-electron chi connectivity index (χ4n) is 4.01. The molecule has 2 amide bonds. The lowest BCUT2D eigenvalue weighted by Crippen LogP contribution is -2.49. The van der Waals surface area contributed by atoms with E-state index in [1.807, 2.05) is 12.1 Å². The van der Waals surface area contributed by atoms with Gasteiger partial charge in [0.15, 0.2) is 0 Å². The zero-order chi connectivity index (χ0) is 23.0. The number of nitrogens with zero attached hydrogens (tertiary/aromatic N) is 3. The van der Waals surface area contributed by atoms with Gasteiger partial charge in [-0.1, -0.05) is 42.5 Å². The monoisotopic (exact) mass is 446 g/mol. The molecule has 2 heterocycles. The quantitative estimate of drug-likeness (QED) is 0.576. The number of hydrogen-bond acceptors (Lipinski definition) is 5. The maximum absolute atomic E-state index is 13.0. The summed E-state index contributed by atoms with van der Waals surface area (Å²) in [6, 6.07) is 21.2. The van der Waals surface area contributed by atoms with Gasteiger partial charge in [-0.2, -0.15) is 0 Å². The molecular weight excluding hydrogens is 416 g/mol. The van der Waals surface area contributed by atoms with Crippen LogP contribution < -0.4 is 10.2 Å². The second-order valence-electron chi connectivity index (χ2n) is 8.27. The molecule has 0 aliphatic carbocycles. The standard InChI is InChI=1S/C26H30N4O3/c1-28(24-12-6-5-11-23(24)26(32)27-18-22-10-7-17-33-22)25(31)20-30-15-13-29(14-16-30)19-21-8-3-2-4-9-21/h2-12,17H,13-16,18-20H2,1H3,(H,27,32). The van der Waals surface area contributed by atoms with Crippen LogP contribution in [-0.2, 0) is 17.9 Å². The number of nitrogens with one attached hydrogen (secondary N) is 1.